The number of amides is 1. The van der Waals surface area contributed by atoms with Gasteiger partial charge in [0.2, 0.25) is 0 Å². The number of aliphatic hydroxyl groups excluding tert-OH is 1. The van der Waals surface area contributed by atoms with Gasteiger partial charge in [-0.25, -0.2) is 0 Å². The number of nitrogens with zero attached hydrogens (tertiary/aromatic N) is 1. The van der Waals surface area contributed by atoms with Gasteiger partial charge in [0.25, 0.3) is 5.91 Å². The van der Waals surface area contributed by atoms with Gasteiger partial charge in [-0.1, -0.05) is 70.6 Å². The fourth-order valence-electron chi connectivity index (χ4n) is 3.74. The second-order valence-corrected chi connectivity index (χ2v) is 8.11. The Kier molecular flexibility index (Phi) is 9.08. The Morgan fingerprint density at radius 3 is 2.56 bits per heavy atom. The highest BCUT2D eigenvalue weighted by molar-refractivity contribution is 5.82. The maximum absolute atomic E-state index is 12.6. The molecule has 0 aromatic heterocycles. The van der Waals surface area contributed by atoms with Crippen LogP contribution in [0.1, 0.15) is 65.2 Å². The Morgan fingerprint density at radius 1 is 1.26 bits per heavy atom. The van der Waals surface area contributed by atoms with Crippen molar-refractivity contribution in [1.82, 2.24) is 5.43 Å². The van der Waals surface area contributed by atoms with Crippen LogP contribution in [0.2, 0.25) is 0 Å². The predicted octanol–water partition coefficient (Wildman–Crippen LogP) is 3.62. The van der Waals surface area contributed by atoms with Gasteiger partial charge in [0, 0.05) is 12.6 Å². The Labute approximate surface area is 164 Å². The topological polar surface area (TPSA) is 78.6 Å². The van der Waals surface area contributed by atoms with Gasteiger partial charge in [-0.2, -0.15) is 0 Å². The lowest BCUT2D eigenvalue weighted by molar-refractivity contribution is -0.130. The molecule has 4 N–H and O–H groups in total. The van der Waals surface area contributed by atoms with Gasteiger partial charge < -0.3 is 10.8 Å². The number of hydrogen-bond donors (Lipinski definition) is 3. The molecule has 0 radical (unpaired) electrons. The van der Waals surface area contributed by atoms with E-state index in [9.17, 15) is 9.90 Å². The summed E-state index contributed by atoms with van der Waals surface area (Å²) in [5.41, 5.74) is 9.99. The van der Waals surface area contributed by atoms with E-state index in [4.69, 9.17) is 5.73 Å². The molecule has 1 saturated carbocycles. The van der Waals surface area contributed by atoms with Crippen molar-refractivity contribution in [2.24, 2.45) is 17.6 Å². The molecule has 5 heteroatoms. The van der Waals surface area contributed by atoms with Gasteiger partial charge >= 0.3 is 0 Å². The van der Waals surface area contributed by atoms with Crippen molar-refractivity contribution in [3.63, 3.8) is 0 Å². The lowest BCUT2D eigenvalue weighted by atomic mass is 9.84. The Hall–Kier alpha value is -1.59. The van der Waals surface area contributed by atoms with Crippen LogP contribution in [0, 0.1) is 11.8 Å². The highest BCUT2D eigenvalue weighted by Crippen LogP contribution is 2.27. The number of anilines is 1. The molecule has 1 aromatic carbocycles. The number of hydrogen-bond acceptors (Lipinski definition) is 4. The molecule has 152 valence electrons. The largest absolute Gasteiger partial charge is 0.382 e. The molecule has 1 fully saturated rings. The zero-order chi connectivity index (χ0) is 19.6. The number of carbonyl (C=O) groups excluding carboxylic acids is 1. The highest BCUT2D eigenvalue weighted by Gasteiger charge is 2.27. The number of aliphatic hydroxyl groups is 1. The van der Waals surface area contributed by atoms with Crippen LogP contribution in [0.5, 0.6) is 0 Å². The summed E-state index contributed by atoms with van der Waals surface area (Å²) in [6.07, 6.45) is 7.68. The van der Waals surface area contributed by atoms with Crippen LogP contribution >= 0.6 is 0 Å². The first-order valence-corrected chi connectivity index (χ1v) is 10.6. The van der Waals surface area contributed by atoms with Crippen LogP contribution in [-0.2, 0) is 4.79 Å². The zero-order valence-corrected chi connectivity index (χ0v) is 16.9. The summed E-state index contributed by atoms with van der Waals surface area (Å²) in [5.74, 6) is 0.699. The first-order chi connectivity index (χ1) is 13.0. The molecule has 5 nitrogen and oxygen atoms in total. The van der Waals surface area contributed by atoms with E-state index in [1.54, 1.807) is 0 Å². The first-order valence-electron chi connectivity index (χ1n) is 10.6. The van der Waals surface area contributed by atoms with E-state index >= 15 is 0 Å². The number of nitrogens with two attached hydrogens (primary N) is 1. The number of nitrogens with one attached hydrogen (secondary N) is 1. The molecule has 2 rings (SSSR count). The van der Waals surface area contributed by atoms with Crippen molar-refractivity contribution >= 4 is 11.6 Å². The smallest absolute Gasteiger partial charge is 0.268 e. The van der Waals surface area contributed by atoms with E-state index in [1.807, 2.05) is 35.3 Å². The third-order valence-electron chi connectivity index (χ3n) is 5.86. The van der Waals surface area contributed by atoms with E-state index in [0.717, 1.165) is 31.4 Å². The predicted molar refractivity (Wildman–Crippen MR) is 111 cm³/mol. The molecule has 27 heavy (non-hydrogen) atoms. The van der Waals surface area contributed by atoms with Crippen LogP contribution in [-0.4, -0.2) is 29.7 Å². The average Bonchev–Trinajstić information content (AvgIpc) is 2.71. The number of carbonyl (C=O) groups is 1. The SMILES string of the molecule is CCC(C)CCN(NC(=O)C(O)C(N)CC1CCCCC1)c1ccccc1. The number of para-hydroxylation sites is 1. The van der Waals surface area contributed by atoms with Crippen molar-refractivity contribution in [1.29, 1.82) is 0 Å². The standard InChI is InChI=1S/C22H37N3O2/c1-3-17(2)14-15-25(19-12-8-5-9-13-19)24-22(27)21(26)20(23)16-18-10-6-4-7-11-18/h5,8-9,12-13,17-18,20-21,26H,3-4,6-7,10-11,14-16,23H2,1-2H3,(H,24,27). The van der Waals surface area contributed by atoms with E-state index in [0.29, 0.717) is 24.8 Å². The molecule has 3 atom stereocenters. The molecule has 0 bridgehead atoms. The molecule has 0 heterocycles. The second-order valence-electron chi connectivity index (χ2n) is 8.11. The minimum absolute atomic E-state index is 0.411. The summed E-state index contributed by atoms with van der Waals surface area (Å²) in [6.45, 7) is 5.08. The zero-order valence-electron chi connectivity index (χ0n) is 16.9. The molecule has 1 amide bonds. The van der Waals surface area contributed by atoms with Crippen molar-refractivity contribution in [3.8, 4) is 0 Å². The molecule has 1 aliphatic carbocycles. The fraction of sp³-hybridized carbons (Fsp3) is 0.682. The second kappa shape index (κ2) is 11.3. The number of hydrazine groups is 1. The quantitative estimate of drug-likeness (QED) is 0.546. The summed E-state index contributed by atoms with van der Waals surface area (Å²) >= 11 is 0. The molecule has 1 aromatic rings. The Balaban J connectivity index is 1.94. The van der Waals surface area contributed by atoms with Gasteiger partial charge in [-0.3, -0.25) is 15.2 Å². The maximum atomic E-state index is 12.6. The summed E-state index contributed by atoms with van der Waals surface area (Å²) in [7, 11) is 0. The van der Waals surface area contributed by atoms with E-state index in [-0.39, 0.29) is 0 Å². The molecule has 0 spiro atoms. The summed E-state index contributed by atoms with van der Waals surface area (Å²) in [4.78, 5) is 12.6. The van der Waals surface area contributed by atoms with Crippen molar-refractivity contribution in [3.05, 3.63) is 30.3 Å². The van der Waals surface area contributed by atoms with Gasteiger partial charge in [0.1, 0.15) is 6.10 Å². The first kappa shape index (κ1) is 21.7. The summed E-state index contributed by atoms with van der Waals surface area (Å²) in [6, 6.07) is 9.26. The van der Waals surface area contributed by atoms with E-state index < -0.39 is 18.1 Å². The third-order valence-corrected chi connectivity index (χ3v) is 5.86. The highest BCUT2D eigenvalue weighted by atomic mass is 16.3. The summed E-state index contributed by atoms with van der Waals surface area (Å²) < 4.78 is 0. The monoisotopic (exact) mass is 375 g/mol. The van der Waals surface area contributed by atoms with Crippen LogP contribution in [0.4, 0.5) is 5.69 Å². The van der Waals surface area contributed by atoms with Gasteiger partial charge in [-0.05, 0) is 36.8 Å². The van der Waals surface area contributed by atoms with Crippen molar-refractivity contribution < 1.29 is 9.90 Å². The molecule has 0 saturated heterocycles. The van der Waals surface area contributed by atoms with Gasteiger partial charge in [0.05, 0.1) is 5.69 Å². The number of benzene rings is 1. The van der Waals surface area contributed by atoms with Crippen LogP contribution in [0.15, 0.2) is 30.3 Å². The normalized spacial score (nSPS) is 18.5. The van der Waals surface area contributed by atoms with Crippen molar-refractivity contribution in [2.75, 3.05) is 11.6 Å². The van der Waals surface area contributed by atoms with Gasteiger partial charge in [-0.15, -0.1) is 0 Å². The average molecular weight is 376 g/mol. The Morgan fingerprint density at radius 2 is 1.93 bits per heavy atom. The van der Waals surface area contributed by atoms with Crippen molar-refractivity contribution in [2.45, 2.75) is 77.4 Å². The molecule has 3 unspecified atom stereocenters. The van der Waals surface area contributed by atoms with E-state index in [1.165, 1.54) is 19.3 Å². The van der Waals surface area contributed by atoms with Crippen LogP contribution in [0.25, 0.3) is 0 Å². The van der Waals surface area contributed by atoms with Crippen LogP contribution in [0.3, 0.4) is 0 Å². The fourth-order valence-corrected chi connectivity index (χ4v) is 3.74. The van der Waals surface area contributed by atoms with Gasteiger partial charge in [0.15, 0.2) is 0 Å². The minimum atomic E-state index is -1.18. The molecule has 1 aliphatic rings. The number of rotatable bonds is 10. The molecule has 0 aliphatic heterocycles. The molecular weight excluding hydrogens is 338 g/mol. The maximum Gasteiger partial charge on any atom is 0.268 e. The summed E-state index contributed by atoms with van der Waals surface area (Å²) in [5, 5.41) is 12.3. The lowest BCUT2D eigenvalue weighted by Crippen LogP contribution is -2.53. The lowest BCUT2D eigenvalue weighted by Gasteiger charge is -2.30. The Bertz CT molecular complexity index is 546. The third kappa shape index (κ3) is 7.15. The van der Waals surface area contributed by atoms with E-state index in [2.05, 4.69) is 19.3 Å². The minimum Gasteiger partial charge on any atom is -0.382 e. The van der Waals surface area contributed by atoms with Crippen LogP contribution < -0.4 is 16.2 Å². The molecular formula is C22H37N3O2.